The number of aliphatic hydroxyl groups excluding tert-OH is 1. The van der Waals surface area contributed by atoms with Crippen molar-refractivity contribution in [1.29, 1.82) is 0 Å². The van der Waals surface area contributed by atoms with Gasteiger partial charge in [0.05, 0.1) is 13.2 Å². The van der Waals surface area contributed by atoms with Gasteiger partial charge in [0.25, 0.3) is 0 Å². The minimum absolute atomic E-state index is 0.0210. The fourth-order valence-corrected chi connectivity index (χ4v) is 1.14. The summed E-state index contributed by atoms with van der Waals surface area (Å²) in [5, 5.41) is 8.74. The molecule has 0 spiro atoms. The van der Waals surface area contributed by atoms with Crippen LogP contribution in [0.25, 0.3) is 0 Å². The lowest BCUT2D eigenvalue weighted by Gasteiger charge is -2.17. The minimum Gasteiger partial charge on any atom is -0.394 e. The maximum absolute atomic E-state index is 8.74. The van der Waals surface area contributed by atoms with Crippen molar-refractivity contribution in [3.63, 3.8) is 0 Å². The summed E-state index contributed by atoms with van der Waals surface area (Å²) in [5.74, 6) is -0.623. The molecule has 11 heavy (non-hydrogen) atoms. The summed E-state index contributed by atoms with van der Waals surface area (Å²) in [6, 6.07) is 0. The maximum atomic E-state index is 8.74. The zero-order chi connectivity index (χ0) is 8.32. The van der Waals surface area contributed by atoms with E-state index in [9.17, 15) is 0 Å². The first kappa shape index (κ1) is 8.71. The third-order valence-corrected chi connectivity index (χ3v) is 1.63. The molecule has 0 bridgehead atoms. The molecule has 1 aliphatic rings. The SMILES string of the molecule is C/C=C\C1(C)OCC(CO)O1. The fraction of sp³-hybridized carbons (Fsp3) is 0.750. The molecule has 1 aliphatic heterocycles. The number of hydrogen-bond acceptors (Lipinski definition) is 3. The van der Waals surface area contributed by atoms with Crippen molar-refractivity contribution in [3.05, 3.63) is 12.2 Å². The highest BCUT2D eigenvalue weighted by Crippen LogP contribution is 2.24. The zero-order valence-corrected chi connectivity index (χ0v) is 6.91. The molecule has 2 atom stereocenters. The highest BCUT2D eigenvalue weighted by Gasteiger charge is 2.33. The highest BCUT2D eigenvalue weighted by molar-refractivity contribution is 4.94. The molecule has 1 heterocycles. The van der Waals surface area contributed by atoms with Crippen LogP contribution in [0, 0.1) is 0 Å². The second kappa shape index (κ2) is 3.34. The van der Waals surface area contributed by atoms with Gasteiger partial charge < -0.3 is 14.6 Å². The number of aliphatic hydroxyl groups is 1. The molecule has 0 amide bonds. The topological polar surface area (TPSA) is 38.7 Å². The van der Waals surface area contributed by atoms with Crippen LogP contribution in [0.15, 0.2) is 12.2 Å². The van der Waals surface area contributed by atoms with Gasteiger partial charge in [-0.15, -0.1) is 0 Å². The van der Waals surface area contributed by atoms with Gasteiger partial charge in [-0.05, 0) is 19.9 Å². The molecule has 0 aliphatic carbocycles. The number of ether oxygens (including phenoxy) is 2. The molecular formula is C8H14O3. The fourth-order valence-electron chi connectivity index (χ4n) is 1.14. The summed E-state index contributed by atoms with van der Waals surface area (Å²) in [5.41, 5.74) is 0. The Morgan fingerprint density at radius 2 is 2.45 bits per heavy atom. The lowest BCUT2D eigenvalue weighted by atomic mass is 10.3. The molecule has 0 aromatic rings. The molecule has 3 heteroatoms. The molecule has 2 unspecified atom stereocenters. The molecular weight excluding hydrogens is 144 g/mol. The van der Waals surface area contributed by atoms with E-state index >= 15 is 0 Å². The van der Waals surface area contributed by atoms with Crippen molar-refractivity contribution in [3.8, 4) is 0 Å². The molecule has 1 saturated heterocycles. The average Bonchev–Trinajstić information content (AvgIpc) is 2.33. The van der Waals surface area contributed by atoms with Crippen molar-refractivity contribution < 1.29 is 14.6 Å². The monoisotopic (exact) mass is 158 g/mol. The van der Waals surface area contributed by atoms with E-state index in [2.05, 4.69) is 0 Å². The van der Waals surface area contributed by atoms with Crippen molar-refractivity contribution in [2.45, 2.75) is 25.7 Å². The minimum atomic E-state index is -0.623. The van der Waals surface area contributed by atoms with E-state index in [1.807, 2.05) is 26.0 Å². The van der Waals surface area contributed by atoms with Crippen LogP contribution in [0.4, 0.5) is 0 Å². The predicted molar refractivity (Wildman–Crippen MR) is 41.1 cm³/mol. The Hall–Kier alpha value is -0.380. The molecule has 1 fully saturated rings. The summed E-state index contributed by atoms with van der Waals surface area (Å²) in [6.07, 6.45) is 3.54. The van der Waals surface area contributed by atoms with Crippen LogP contribution in [0.1, 0.15) is 13.8 Å². The van der Waals surface area contributed by atoms with E-state index in [1.165, 1.54) is 0 Å². The van der Waals surface area contributed by atoms with E-state index in [0.29, 0.717) is 6.61 Å². The standard InChI is InChI=1S/C8H14O3/c1-3-4-8(2)10-6-7(5-9)11-8/h3-4,7,9H,5-6H2,1-2H3/b4-3-. The third kappa shape index (κ3) is 2.02. The Morgan fingerprint density at radius 1 is 1.73 bits per heavy atom. The first-order chi connectivity index (χ1) is 5.20. The van der Waals surface area contributed by atoms with Crippen molar-refractivity contribution in [2.75, 3.05) is 13.2 Å². The molecule has 1 N–H and O–H groups in total. The summed E-state index contributed by atoms with van der Waals surface area (Å²) >= 11 is 0. The van der Waals surface area contributed by atoms with Crippen molar-refractivity contribution in [2.24, 2.45) is 0 Å². The second-order valence-corrected chi connectivity index (χ2v) is 2.75. The second-order valence-electron chi connectivity index (χ2n) is 2.75. The van der Waals surface area contributed by atoms with Gasteiger partial charge >= 0.3 is 0 Å². The van der Waals surface area contributed by atoms with E-state index in [1.54, 1.807) is 0 Å². The summed E-state index contributed by atoms with van der Waals surface area (Å²) < 4.78 is 10.7. The van der Waals surface area contributed by atoms with E-state index < -0.39 is 5.79 Å². The summed E-state index contributed by atoms with van der Waals surface area (Å²) in [6.45, 7) is 4.23. The van der Waals surface area contributed by atoms with Crippen molar-refractivity contribution in [1.82, 2.24) is 0 Å². The Kier molecular flexibility index (Phi) is 2.65. The smallest absolute Gasteiger partial charge is 0.185 e. The molecule has 0 radical (unpaired) electrons. The largest absolute Gasteiger partial charge is 0.394 e. The van der Waals surface area contributed by atoms with Gasteiger partial charge in [0.15, 0.2) is 5.79 Å². The normalized spacial score (nSPS) is 38.6. The van der Waals surface area contributed by atoms with Crippen LogP contribution < -0.4 is 0 Å². The Morgan fingerprint density at radius 3 is 2.91 bits per heavy atom. The van der Waals surface area contributed by atoms with Crippen LogP contribution >= 0.6 is 0 Å². The molecule has 0 aromatic carbocycles. The Labute approximate surface area is 66.6 Å². The summed E-state index contributed by atoms with van der Waals surface area (Å²) in [7, 11) is 0. The highest BCUT2D eigenvalue weighted by atomic mass is 16.7. The first-order valence-corrected chi connectivity index (χ1v) is 3.76. The molecule has 64 valence electrons. The van der Waals surface area contributed by atoms with Gasteiger partial charge in [0.2, 0.25) is 0 Å². The van der Waals surface area contributed by atoms with Gasteiger partial charge in [-0.2, -0.15) is 0 Å². The van der Waals surface area contributed by atoms with Crippen LogP contribution in [0.5, 0.6) is 0 Å². The van der Waals surface area contributed by atoms with Gasteiger partial charge in [0.1, 0.15) is 6.10 Å². The van der Waals surface area contributed by atoms with Crippen molar-refractivity contribution >= 4 is 0 Å². The Bertz CT molecular complexity index is 155. The number of rotatable bonds is 2. The lowest BCUT2D eigenvalue weighted by molar-refractivity contribution is -0.118. The van der Waals surface area contributed by atoms with E-state index in [-0.39, 0.29) is 12.7 Å². The predicted octanol–water partition coefficient (Wildman–Crippen LogP) is 0.686. The number of allylic oxidation sites excluding steroid dienone is 1. The lowest BCUT2D eigenvalue weighted by Crippen LogP contribution is -2.24. The van der Waals surface area contributed by atoms with Crippen LogP contribution in [-0.2, 0) is 9.47 Å². The molecule has 3 nitrogen and oxygen atoms in total. The van der Waals surface area contributed by atoms with Gasteiger partial charge in [-0.25, -0.2) is 0 Å². The van der Waals surface area contributed by atoms with Crippen LogP contribution in [0.2, 0.25) is 0 Å². The molecule has 0 saturated carbocycles. The number of hydrogen-bond donors (Lipinski definition) is 1. The van der Waals surface area contributed by atoms with Crippen LogP contribution in [-0.4, -0.2) is 30.2 Å². The van der Waals surface area contributed by atoms with E-state index in [4.69, 9.17) is 14.6 Å². The summed E-state index contributed by atoms with van der Waals surface area (Å²) in [4.78, 5) is 0. The first-order valence-electron chi connectivity index (χ1n) is 3.76. The Balaban J connectivity index is 2.50. The van der Waals surface area contributed by atoms with Gasteiger partial charge in [0, 0.05) is 0 Å². The maximum Gasteiger partial charge on any atom is 0.185 e. The molecule has 1 rings (SSSR count). The molecule has 0 aromatic heterocycles. The zero-order valence-electron chi connectivity index (χ0n) is 6.91. The van der Waals surface area contributed by atoms with Crippen LogP contribution in [0.3, 0.4) is 0 Å². The quantitative estimate of drug-likeness (QED) is 0.601. The third-order valence-electron chi connectivity index (χ3n) is 1.63. The van der Waals surface area contributed by atoms with E-state index in [0.717, 1.165) is 0 Å². The average molecular weight is 158 g/mol. The van der Waals surface area contributed by atoms with Gasteiger partial charge in [-0.1, -0.05) is 6.08 Å². The van der Waals surface area contributed by atoms with Gasteiger partial charge in [-0.3, -0.25) is 0 Å².